The lowest BCUT2D eigenvalue weighted by molar-refractivity contribution is -0.137. The standard InChI is InChI=1S/C15H14F3N/c1-19-14(11-6-3-2-4-7-11)12-8-5-9-13(10-12)15(16,17)18/h2-10,14,19H,1H3. The maximum absolute atomic E-state index is 12.7. The maximum atomic E-state index is 12.7. The van der Waals surface area contributed by atoms with Crippen molar-refractivity contribution >= 4 is 0 Å². The van der Waals surface area contributed by atoms with E-state index in [4.69, 9.17) is 0 Å². The Morgan fingerprint density at radius 3 is 2.11 bits per heavy atom. The van der Waals surface area contributed by atoms with Gasteiger partial charge in [-0.25, -0.2) is 0 Å². The first-order chi connectivity index (χ1) is 9.02. The third-order valence-electron chi connectivity index (χ3n) is 2.97. The second-order valence-corrected chi connectivity index (χ2v) is 4.26. The van der Waals surface area contributed by atoms with Crippen LogP contribution in [0.25, 0.3) is 0 Å². The van der Waals surface area contributed by atoms with E-state index in [2.05, 4.69) is 5.32 Å². The second-order valence-electron chi connectivity index (χ2n) is 4.26. The van der Waals surface area contributed by atoms with Crippen molar-refractivity contribution in [2.75, 3.05) is 7.05 Å². The highest BCUT2D eigenvalue weighted by Crippen LogP contribution is 2.31. The van der Waals surface area contributed by atoms with Gasteiger partial charge in [0.1, 0.15) is 0 Å². The van der Waals surface area contributed by atoms with E-state index in [1.54, 1.807) is 13.1 Å². The van der Waals surface area contributed by atoms with Crippen molar-refractivity contribution in [3.63, 3.8) is 0 Å². The Labute approximate surface area is 110 Å². The van der Waals surface area contributed by atoms with Crippen molar-refractivity contribution < 1.29 is 13.2 Å². The zero-order chi connectivity index (χ0) is 13.9. The highest BCUT2D eigenvalue weighted by atomic mass is 19.4. The van der Waals surface area contributed by atoms with E-state index in [1.165, 1.54) is 12.1 Å². The summed E-state index contributed by atoms with van der Waals surface area (Å²) in [4.78, 5) is 0. The molecule has 0 aliphatic carbocycles. The van der Waals surface area contributed by atoms with E-state index in [0.29, 0.717) is 5.56 Å². The fourth-order valence-corrected chi connectivity index (χ4v) is 2.07. The summed E-state index contributed by atoms with van der Waals surface area (Å²) in [6.45, 7) is 0. The molecule has 1 unspecified atom stereocenters. The molecule has 100 valence electrons. The molecule has 19 heavy (non-hydrogen) atoms. The predicted octanol–water partition coefficient (Wildman–Crippen LogP) is 4.01. The highest BCUT2D eigenvalue weighted by Gasteiger charge is 2.30. The molecule has 1 nitrogen and oxygen atoms in total. The summed E-state index contributed by atoms with van der Waals surface area (Å²) >= 11 is 0. The van der Waals surface area contributed by atoms with E-state index >= 15 is 0 Å². The van der Waals surface area contributed by atoms with Gasteiger partial charge in [0, 0.05) is 0 Å². The first kappa shape index (κ1) is 13.6. The van der Waals surface area contributed by atoms with Crippen LogP contribution < -0.4 is 5.32 Å². The van der Waals surface area contributed by atoms with Gasteiger partial charge in [0.2, 0.25) is 0 Å². The van der Waals surface area contributed by atoms with Gasteiger partial charge in [-0.1, -0.05) is 42.5 Å². The van der Waals surface area contributed by atoms with Crippen LogP contribution in [0.3, 0.4) is 0 Å². The summed E-state index contributed by atoms with van der Waals surface area (Å²) in [5, 5.41) is 3.05. The summed E-state index contributed by atoms with van der Waals surface area (Å²) in [5.74, 6) is 0. The molecule has 0 radical (unpaired) electrons. The van der Waals surface area contributed by atoms with Gasteiger partial charge in [-0.05, 0) is 30.3 Å². The van der Waals surface area contributed by atoms with Crippen LogP contribution in [0.15, 0.2) is 54.6 Å². The van der Waals surface area contributed by atoms with Crippen LogP contribution in [0, 0.1) is 0 Å². The van der Waals surface area contributed by atoms with E-state index in [1.807, 2.05) is 30.3 Å². The molecule has 0 spiro atoms. The molecule has 2 aromatic rings. The molecule has 0 amide bonds. The molecule has 0 aromatic heterocycles. The molecule has 0 heterocycles. The second kappa shape index (κ2) is 5.45. The summed E-state index contributed by atoms with van der Waals surface area (Å²) in [5.41, 5.74) is 0.911. The van der Waals surface area contributed by atoms with Crippen LogP contribution in [0.1, 0.15) is 22.7 Å². The van der Waals surface area contributed by atoms with E-state index in [0.717, 1.165) is 11.6 Å². The van der Waals surface area contributed by atoms with Gasteiger partial charge >= 0.3 is 6.18 Å². The van der Waals surface area contributed by atoms with Gasteiger partial charge in [-0.15, -0.1) is 0 Å². The lowest BCUT2D eigenvalue weighted by Crippen LogP contribution is -2.18. The smallest absolute Gasteiger partial charge is 0.309 e. The number of nitrogens with one attached hydrogen (secondary N) is 1. The molecular formula is C15H14F3N. The maximum Gasteiger partial charge on any atom is 0.416 e. The SMILES string of the molecule is CNC(c1ccccc1)c1cccc(C(F)(F)F)c1. The zero-order valence-corrected chi connectivity index (χ0v) is 10.4. The Kier molecular flexibility index (Phi) is 3.90. The lowest BCUT2D eigenvalue weighted by atomic mass is 9.97. The van der Waals surface area contributed by atoms with Gasteiger partial charge in [-0.3, -0.25) is 0 Å². The summed E-state index contributed by atoms with van der Waals surface area (Å²) in [6.07, 6.45) is -4.31. The zero-order valence-electron chi connectivity index (χ0n) is 10.4. The van der Waals surface area contributed by atoms with Crippen LogP contribution in [0.5, 0.6) is 0 Å². The van der Waals surface area contributed by atoms with Crippen molar-refractivity contribution in [1.82, 2.24) is 5.32 Å². The molecule has 0 saturated heterocycles. The van der Waals surface area contributed by atoms with Crippen molar-refractivity contribution in [3.8, 4) is 0 Å². The number of rotatable bonds is 3. The molecule has 1 N–H and O–H groups in total. The molecule has 2 aromatic carbocycles. The van der Waals surface area contributed by atoms with Crippen molar-refractivity contribution in [2.45, 2.75) is 12.2 Å². The molecular weight excluding hydrogens is 251 g/mol. The van der Waals surface area contributed by atoms with Crippen LogP contribution in [-0.2, 0) is 6.18 Å². The molecule has 0 aliphatic heterocycles. The fourth-order valence-electron chi connectivity index (χ4n) is 2.07. The number of hydrogen-bond acceptors (Lipinski definition) is 1. The van der Waals surface area contributed by atoms with Crippen molar-refractivity contribution in [3.05, 3.63) is 71.3 Å². The van der Waals surface area contributed by atoms with Crippen LogP contribution in [0.2, 0.25) is 0 Å². The van der Waals surface area contributed by atoms with Crippen LogP contribution in [-0.4, -0.2) is 7.05 Å². The van der Waals surface area contributed by atoms with Gasteiger partial charge in [-0.2, -0.15) is 13.2 Å². The van der Waals surface area contributed by atoms with E-state index < -0.39 is 11.7 Å². The van der Waals surface area contributed by atoms with E-state index in [-0.39, 0.29) is 6.04 Å². The quantitative estimate of drug-likeness (QED) is 0.884. The Morgan fingerprint density at radius 1 is 0.895 bits per heavy atom. The summed E-state index contributed by atoms with van der Waals surface area (Å²) in [6, 6.07) is 14.6. The predicted molar refractivity (Wildman–Crippen MR) is 68.8 cm³/mol. The normalized spacial score (nSPS) is 13.3. The van der Waals surface area contributed by atoms with Crippen molar-refractivity contribution in [1.29, 1.82) is 0 Å². The number of halogens is 3. The Morgan fingerprint density at radius 2 is 1.53 bits per heavy atom. The minimum atomic E-state index is -4.31. The topological polar surface area (TPSA) is 12.0 Å². The van der Waals surface area contributed by atoms with Crippen molar-refractivity contribution in [2.24, 2.45) is 0 Å². The van der Waals surface area contributed by atoms with E-state index in [9.17, 15) is 13.2 Å². The number of benzene rings is 2. The molecule has 0 bridgehead atoms. The third kappa shape index (κ3) is 3.15. The number of alkyl halides is 3. The van der Waals surface area contributed by atoms with Gasteiger partial charge in [0.25, 0.3) is 0 Å². The van der Waals surface area contributed by atoms with Gasteiger partial charge in [0.15, 0.2) is 0 Å². The monoisotopic (exact) mass is 265 g/mol. The Bertz CT molecular complexity index is 535. The largest absolute Gasteiger partial charge is 0.416 e. The molecule has 2 rings (SSSR count). The lowest BCUT2D eigenvalue weighted by Gasteiger charge is -2.18. The van der Waals surface area contributed by atoms with Gasteiger partial charge < -0.3 is 5.32 Å². The Balaban J connectivity index is 2.40. The summed E-state index contributed by atoms with van der Waals surface area (Å²) in [7, 11) is 1.73. The third-order valence-corrected chi connectivity index (χ3v) is 2.97. The summed E-state index contributed by atoms with van der Waals surface area (Å²) < 4.78 is 38.2. The average molecular weight is 265 g/mol. The minimum Gasteiger partial charge on any atom is -0.309 e. The molecule has 0 saturated carbocycles. The Hall–Kier alpha value is -1.81. The van der Waals surface area contributed by atoms with Crippen LogP contribution in [0.4, 0.5) is 13.2 Å². The van der Waals surface area contributed by atoms with Gasteiger partial charge in [0.05, 0.1) is 11.6 Å². The first-order valence-corrected chi connectivity index (χ1v) is 5.92. The molecule has 0 fully saturated rings. The molecule has 1 atom stereocenters. The minimum absolute atomic E-state index is 0.247. The molecule has 4 heteroatoms. The fraction of sp³-hybridized carbons (Fsp3) is 0.200. The number of hydrogen-bond donors (Lipinski definition) is 1. The first-order valence-electron chi connectivity index (χ1n) is 5.92. The highest BCUT2D eigenvalue weighted by molar-refractivity contribution is 5.35. The average Bonchev–Trinajstić information content (AvgIpc) is 2.40. The molecule has 0 aliphatic rings. The van der Waals surface area contributed by atoms with Crippen LogP contribution >= 0.6 is 0 Å².